The van der Waals surface area contributed by atoms with Gasteiger partial charge >= 0.3 is 0 Å². The number of fused-ring (bicyclic) bond motifs is 2. The van der Waals surface area contributed by atoms with E-state index in [1.54, 1.807) is 7.11 Å². The Morgan fingerprint density at radius 1 is 1.17 bits per heavy atom. The first-order valence-electron chi connectivity index (χ1n) is 9.49. The van der Waals surface area contributed by atoms with Gasteiger partial charge < -0.3 is 14.9 Å². The van der Waals surface area contributed by atoms with E-state index in [1.165, 1.54) is 11.1 Å². The molecular formula is C21H34O3. The molecule has 3 aliphatic rings. The molecule has 0 spiro atoms. The zero-order valence-corrected chi connectivity index (χ0v) is 16.1. The highest BCUT2D eigenvalue weighted by Gasteiger charge is 2.55. The smallest absolute Gasteiger partial charge is 0.103 e. The van der Waals surface area contributed by atoms with Crippen LogP contribution in [-0.4, -0.2) is 29.5 Å². The van der Waals surface area contributed by atoms with E-state index in [4.69, 9.17) is 4.74 Å². The van der Waals surface area contributed by atoms with E-state index in [0.717, 1.165) is 31.3 Å². The van der Waals surface area contributed by atoms with Gasteiger partial charge in [-0.15, -0.1) is 0 Å². The molecule has 24 heavy (non-hydrogen) atoms. The molecule has 0 aromatic heterocycles. The molecule has 3 heteroatoms. The monoisotopic (exact) mass is 334 g/mol. The van der Waals surface area contributed by atoms with Crippen molar-refractivity contribution >= 4 is 0 Å². The van der Waals surface area contributed by atoms with Crippen molar-refractivity contribution in [2.24, 2.45) is 22.7 Å². The van der Waals surface area contributed by atoms with Crippen molar-refractivity contribution in [3.8, 4) is 0 Å². The summed E-state index contributed by atoms with van der Waals surface area (Å²) in [6.45, 7) is 11.1. The molecule has 0 saturated heterocycles. The Bertz CT molecular complexity index is 584. The van der Waals surface area contributed by atoms with Crippen LogP contribution in [0, 0.1) is 22.7 Å². The Morgan fingerprint density at radius 2 is 1.83 bits per heavy atom. The lowest BCUT2D eigenvalue weighted by Crippen LogP contribution is -2.53. The fraction of sp³-hybridized carbons (Fsp3) is 0.810. The highest BCUT2D eigenvalue weighted by Crippen LogP contribution is 2.62. The van der Waals surface area contributed by atoms with Crippen molar-refractivity contribution in [3.05, 3.63) is 22.5 Å². The molecule has 1 fully saturated rings. The molecule has 1 unspecified atom stereocenters. The van der Waals surface area contributed by atoms with Crippen molar-refractivity contribution in [2.75, 3.05) is 7.11 Å². The van der Waals surface area contributed by atoms with Crippen LogP contribution in [0.5, 0.6) is 0 Å². The molecule has 3 nitrogen and oxygen atoms in total. The molecule has 3 rings (SSSR count). The van der Waals surface area contributed by atoms with Crippen molar-refractivity contribution in [1.29, 1.82) is 0 Å². The first kappa shape index (κ1) is 18.0. The SMILES string of the molecule is COC1C2=C(CC(O)=C1C(C)C)[C@@]1(C)CC[C@@H](O)C(C)(C)[C@@H]1CC2. The van der Waals surface area contributed by atoms with E-state index in [9.17, 15) is 10.2 Å². The Labute approximate surface area is 146 Å². The van der Waals surface area contributed by atoms with Gasteiger partial charge in [0.25, 0.3) is 0 Å². The summed E-state index contributed by atoms with van der Waals surface area (Å²) in [4.78, 5) is 0. The highest BCUT2D eigenvalue weighted by molar-refractivity contribution is 5.43. The second kappa shape index (κ2) is 5.88. The number of hydrogen-bond donors (Lipinski definition) is 2. The van der Waals surface area contributed by atoms with Gasteiger partial charge in [-0.1, -0.05) is 40.2 Å². The fourth-order valence-corrected chi connectivity index (χ4v) is 6.02. The lowest BCUT2D eigenvalue weighted by Gasteiger charge is -2.58. The standard InChI is InChI=1S/C21H34O3/c1-12(2)18-15(22)11-14-13(19(18)24-6)7-8-16-20(3,4)17(23)9-10-21(14,16)5/h12,16-17,19,22-23H,7-11H2,1-6H3/t16-,17+,19?,21+/m0/s1. The minimum absolute atomic E-state index is 0.0591. The van der Waals surface area contributed by atoms with Crippen molar-refractivity contribution in [2.45, 2.75) is 78.9 Å². The largest absolute Gasteiger partial charge is 0.512 e. The molecule has 0 aliphatic heterocycles. The van der Waals surface area contributed by atoms with Crippen LogP contribution in [0.15, 0.2) is 22.5 Å². The Morgan fingerprint density at radius 3 is 2.42 bits per heavy atom. The zero-order chi connectivity index (χ0) is 17.9. The van der Waals surface area contributed by atoms with Gasteiger partial charge in [-0.3, -0.25) is 0 Å². The minimum atomic E-state index is -0.227. The van der Waals surface area contributed by atoms with Gasteiger partial charge in [0.15, 0.2) is 0 Å². The Hall–Kier alpha value is -0.800. The number of aliphatic hydroxyl groups is 2. The molecule has 0 heterocycles. The molecule has 0 amide bonds. The summed E-state index contributed by atoms with van der Waals surface area (Å²) < 4.78 is 5.88. The third-order valence-corrected chi connectivity index (χ3v) is 7.38. The Kier molecular flexibility index (Phi) is 4.41. The van der Waals surface area contributed by atoms with Crippen LogP contribution in [0.2, 0.25) is 0 Å². The molecule has 1 saturated carbocycles. The summed E-state index contributed by atoms with van der Waals surface area (Å²) in [5.41, 5.74) is 3.85. The van der Waals surface area contributed by atoms with Gasteiger partial charge in [0.2, 0.25) is 0 Å². The number of methoxy groups -OCH3 is 1. The predicted molar refractivity (Wildman–Crippen MR) is 96.8 cm³/mol. The van der Waals surface area contributed by atoms with Gasteiger partial charge in [-0.25, -0.2) is 0 Å². The molecular weight excluding hydrogens is 300 g/mol. The summed E-state index contributed by atoms with van der Waals surface area (Å²) in [6, 6.07) is 0. The van der Waals surface area contributed by atoms with Crippen LogP contribution in [0.4, 0.5) is 0 Å². The normalized spacial score (nSPS) is 39.1. The number of hydrogen-bond acceptors (Lipinski definition) is 3. The van der Waals surface area contributed by atoms with Crippen LogP contribution >= 0.6 is 0 Å². The second-order valence-electron chi connectivity index (χ2n) is 9.24. The average Bonchev–Trinajstić information content (AvgIpc) is 2.50. The lowest BCUT2D eigenvalue weighted by atomic mass is 9.48. The lowest BCUT2D eigenvalue weighted by molar-refractivity contribution is -0.0912. The molecule has 136 valence electrons. The van der Waals surface area contributed by atoms with Crippen LogP contribution in [0.25, 0.3) is 0 Å². The molecule has 0 radical (unpaired) electrons. The number of aliphatic hydroxyl groups excluding tert-OH is 2. The highest BCUT2D eigenvalue weighted by atomic mass is 16.5. The maximum Gasteiger partial charge on any atom is 0.103 e. The van der Waals surface area contributed by atoms with Crippen molar-refractivity contribution in [3.63, 3.8) is 0 Å². The Balaban J connectivity index is 2.07. The number of ether oxygens (including phenoxy) is 1. The molecule has 0 aromatic carbocycles. The van der Waals surface area contributed by atoms with E-state index in [-0.39, 0.29) is 23.0 Å². The topological polar surface area (TPSA) is 49.7 Å². The summed E-state index contributed by atoms with van der Waals surface area (Å²) in [6.07, 6.45) is 4.34. The van der Waals surface area contributed by atoms with Crippen molar-refractivity contribution < 1.29 is 14.9 Å². The van der Waals surface area contributed by atoms with E-state index < -0.39 is 0 Å². The quantitative estimate of drug-likeness (QED) is 0.715. The predicted octanol–water partition coefficient (Wildman–Crippen LogP) is 4.77. The molecule has 0 aromatic rings. The zero-order valence-electron chi connectivity index (χ0n) is 16.1. The van der Waals surface area contributed by atoms with Crippen LogP contribution in [-0.2, 0) is 4.74 Å². The van der Waals surface area contributed by atoms with Gasteiger partial charge in [0, 0.05) is 19.1 Å². The third kappa shape index (κ3) is 2.39. The summed E-state index contributed by atoms with van der Waals surface area (Å²) in [7, 11) is 1.76. The summed E-state index contributed by atoms with van der Waals surface area (Å²) in [5, 5.41) is 21.3. The molecule has 3 aliphatic carbocycles. The van der Waals surface area contributed by atoms with Gasteiger partial charge in [-0.2, -0.15) is 0 Å². The second-order valence-corrected chi connectivity index (χ2v) is 9.24. The van der Waals surface area contributed by atoms with Gasteiger partial charge in [-0.05, 0) is 53.9 Å². The van der Waals surface area contributed by atoms with Gasteiger partial charge in [0.1, 0.15) is 6.10 Å². The molecule has 4 atom stereocenters. The van der Waals surface area contributed by atoms with E-state index in [0.29, 0.717) is 24.0 Å². The van der Waals surface area contributed by atoms with E-state index in [1.807, 2.05) is 0 Å². The summed E-state index contributed by atoms with van der Waals surface area (Å²) in [5.74, 6) is 1.26. The first-order valence-corrected chi connectivity index (χ1v) is 9.49. The maximum absolute atomic E-state index is 10.8. The average molecular weight is 335 g/mol. The molecule has 2 N–H and O–H groups in total. The fourth-order valence-electron chi connectivity index (χ4n) is 6.02. The third-order valence-electron chi connectivity index (χ3n) is 7.38. The van der Waals surface area contributed by atoms with Crippen molar-refractivity contribution in [1.82, 2.24) is 0 Å². The molecule has 0 bridgehead atoms. The minimum Gasteiger partial charge on any atom is -0.512 e. The number of allylic oxidation sites excluding steroid dienone is 1. The van der Waals surface area contributed by atoms with Crippen LogP contribution in [0.3, 0.4) is 0 Å². The summed E-state index contributed by atoms with van der Waals surface area (Å²) >= 11 is 0. The van der Waals surface area contributed by atoms with E-state index in [2.05, 4.69) is 34.6 Å². The van der Waals surface area contributed by atoms with Crippen LogP contribution in [0.1, 0.15) is 66.7 Å². The first-order chi connectivity index (χ1) is 11.1. The van der Waals surface area contributed by atoms with E-state index >= 15 is 0 Å². The number of rotatable bonds is 2. The van der Waals surface area contributed by atoms with Crippen LogP contribution < -0.4 is 0 Å². The maximum atomic E-state index is 10.8. The van der Waals surface area contributed by atoms with Gasteiger partial charge in [0.05, 0.1) is 11.9 Å².